The highest BCUT2D eigenvalue weighted by Crippen LogP contribution is 2.30. The van der Waals surface area contributed by atoms with Gasteiger partial charge in [0.2, 0.25) is 0 Å². The van der Waals surface area contributed by atoms with Crippen LogP contribution in [0.1, 0.15) is 40.5 Å². The highest BCUT2D eigenvalue weighted by Gasteiger charge is 2.38. The van der Waals surface area contributed by atoms with Crippen molar-refractivity contribution in [2.75, 3.05) is 0 Å². The van der Waals surface area contributed by atoms with Crippen molar-refractivity contribution in [2.45, 2.75) is 51.7 Å². The quantitative estimate of drug-likeness (QED) is 0.735. The maximum atomic E-state index is 6.20. The maximum Gasteiger partial charge on any atom is 0.424 e. The van der Waals surface area contributed by atoms with E-state index in [-0.39, 0.29) is 11.2 Å². The van der Waals surface area contributed by atoms with E-state index in [0.717, 1.165) is 23.1 Å². The number of benzene rings is 1. The van der Waals surface area contributed by atoms with Crippen molar-refractivity contribution < 1.29 is 8.85 Å². The molecule has 0 atom stereocenters. The molecule has 0 saturated carbocycles. The Hall–Kier alpha value is -0.353. The fourth-order valence-electron chi connectivity index (χ4n) is 1.93. The largest absolute Gasteiger partial charge is 0.424 e. The summed E-state index contributed by atoms with van der Waals surface area (Å²) in [6.07, 6.45) is 2.03. The Labute approximate surface area is 116 Å². The van der Waals surface area contributed by atoms with E-state index < -0.39 is 9.28 Å². The van der Waals surface area contributed by atoms with Gasteiger partial charge in [0.1, 0.15) is 0 Å². The highest BCUT2D eigenvalue weighted by atomic mass is 35.5. The van der Waals surface area contributed by atoms with Gasteiger partial charge in [0.25, 0.3) is 0 Å². The molecule has 1 aliphatic rings. The fourth-order valence-corrected chi connectivity index (χ4v) is 3.98. The van der Waals surface area contributed by atoms with Crippen LogP contribution in [0, 0.1) is 0 Å². The van der Waals surface area contributed by atoms with E-state index in [1.807, 2.05) is 24.3 Å². The van der Waals surface area contributed by atoms with Crippen molar-refractivity contribution in [2.24, 2.45) is 0 Å². The summed E-state index contributed by atoms with van der Waals surface area (Å²) in [5.74, 6) is 0. The van der Waals surface area contributed by atoms with Crippen LogP contribution in [0.4, 0.5) is 0 Å². The number of halogens is 1. The SMILES string of the molecule is CC1(C)CCC(C)(C)O[Si](c2ccc(Cl)cc2)O1. The molecular weight excluding hydrogens is 264 g/mol. The van der Waals surface area contributed by atoms with Crippen LogP contribution in [-0.4, -0.2) is 20.5 Å². The van der Waals surface area contributed by atoms with Gasteiger partial charge in [-0.1, -0.05) is 23.7 Å². The van der Waals surface area contributed by atoms with E-state index in [2.05, 4.69) is 27.7 Å². The Kier molecular flexibility index (Phi) is 3.88. The third kappa shape index (κ3) is 3.57. The minimum Gasteiger partial charge on any atom is -0.385 e. The van der Waals surface area contributed by atoms with Gasteiger partial charge in [0, 0.05) is 5.02 Å². The maximum absolute atomic E-state index is 6.20. The molecule has 18 heavy (non-hydrogen) atoms. The van der Waals surface area contributed by atoms with E-state index in [9.17, 15) is 0 Å². The first-order valence-electron chi connectivity index (χ1n) is 6.28. The van der Waals surface area contributed by atoms with Crippen LogP contribution in [-0.2, 0) is 8.85 Å². The summed E-state index contributed by atoms with van der Waals surface area (Å²) in [4.78, 5) is 0. The van der Waals surface area contributed by atoms with Crippen LogP contribution >= 0.6 is 11.6 Å². The lowest BCUT2D eigenvalue weighted by molar-refractivity contribution is 0.0709. The van der Waals surface area contributed by atoms with Crippen LogP contribution in [0.3, 0.4) is 0 Å². The summed E-state index contributed by atoms with van der Waals surface area (Å²) in [6, 6.07) is 7.81. The molecule has 0 unspecified atom stereocenters. The highest BCUT2D eigenvalue weighted by molar-refractivity contribution is 6.61. The Balaban J connectivity index is 2.26. The molecule has 1 heterocycles. The molecule has 1 radical (unpaired) electrons. The van der Waals surface area contributed by atoms with Gasteiger partial charge < -0.3 is 8.85 Å². The molecule has 1 saturated heterocycles. The Bertz CT molecular complexity index is 396. The first-order chi connectivity index (χ1) is 8.27. The minimum absolute atomic E-state index is 0.123. The third-order valence-electron chi connectivity index (χ3n) is 3.15. The van der Waals surface area contributed by atoms with Gasteiger partial charge in [-0.2, -0.15) is 0 Å². The lowest BCUT2D eigenvalue weighted by atomic mass is 9.94. The van der Waals surface area contributed by atoms with Gasteiger partial charge in [-0.05, 0) is 57.9 Å². The van der Waals surface area contributed by atoms with Gasteiger partial charge >= 0.3 is 9.28 Å². The summed E-state index contributed by atoms with van der Waals surface area (Å²) >= 11 is 5.92. The van der Waals surface area contributed by atoms with Crippen LogP contribution in [0.15, 0.2) is 24.3 Å². The summed E-state index contributed by atoms with van der Waals surface area (Å²) in [6.45, 7) is 8.55. The molecule has 1 aromatic rings. The summed E-state index contributed by atoms with van der Waals surface area (Å²) in [7, 11) is -1.45. The van der Waals surface area contributed by atoms with Crippen LogP contribution < -0.4 is 5.19 Å². The van der Waals surface area contributed by atoms with Crippen LogP contribution in [0.25, 0.3) is 0 Å². The van der Waals surface area contributed by atoms with Gasteiger partial charge in [0.05, 0.1) is 11.2 Å². The molecule has 0 N–H and O–H groups in total. The molecule has 2 nitrogen and oxygen atoms in total. The zero-order valence-electron chi connectivity index (χ0n) is 11.4. The average Bonchev–Trinajstić information content (AvgIpc) is 2.36. The molecular formula is C14H20ClO2Si. The summed E-state index contributed by atoms with van der Waals surface area (Å²) < 4.78 is 12.4. The zero-order valence-corrected chi connectivity index (χ0v) is 13.2. The van der Waals surface area contributed by atoms with E-state index in [1.165, 1.54) is 0 Å². The second-order valence-corrected chi connectivity index (χ2v) is 8.01. The lowest BCUT2D eigenvalue weighted by Gasteiger charge is -2.27. The van der Waals surface area contributed by atoms with Crippen molar-refractivity contribution in [3.8, 4) is 0 Å². The van der Waals surface area contributed by atoms with E-state index >= 15 is 0 Å². The number of hydrogen-bond acceptors (Lipinski definition) is 2. The molecule has 99 valence electrons. The smallest absolute Gasteiger partial charge is 0.385 e. The van der Waals surface area contributed by atoms with Crippen molar-refractivity contribution in [1.29, 1.82) is 0 Å². The number of rotatable bonds is 1. The topological polar surface area (TPSA) is 18.5 Å². The number of hydrogen-bond donors (Lipinski definition) is 0. The molecule has 1 aromatic carbocycles. The van der Waals surface area contributed by atoms with Crippen molar-refractivity contribution in [3.05, 3.63) is 29.3 Å². The van der Waals surface area contributed by atoms with Crippen LogP contribution in [0.5, 0.6) is 0 Å². The molecule has 1 aliphatic heterocycles. The minimum atomic E-state index is -1.45. The van der Waals surface area contributed by atoms with E-state index in [4.69, 9.17) is 20.5 Å². The van der Waals surface area contributed by atoms with Gasteiger partial charge in [-0.3, -0.25) is 0 Å². The summed E-state index contributed by atoms with van der Waals surface area (Å²) in [5, 5.41) is 1.86. The average molecular weight is 284 g/mol. The second kappa shape index (κ2) is 4.97. The molecule has 0 aromatic heterocycles. The van der Waals surface area contributed by atoms with Gasteiger partial charge in [0.15, 0.2) is 0 Å². The monoisotopic (exact) mass is 283 g/mol. The Morgan fingerprint density at radius 3 is 1.83 bits per heavy atom. The standard InChI is InChI=1S/C14H20ClO2Si/c1-13(2)9-10-14(3,4)17-18(16-13)12-7-5-11(15)6-8-12/h5-8H,9-10H2,1-4H3. The van der Waals surface area contributed by atoms with Crippen molar-refractivity contribution in [1.82, 2.24) is 0 Å². The molecule has 0 aliphatic carbocycles. The lowest BCUT2D eigenvalue weighted by Crippen LogP contribution is -2.44. The third-order valence-corrected chi connectivity index (χ3v) is 5.68. The molecule has 2 rings (SSSR count). The molecule has 1 fully saturated rings. The van der Waals surface area contributed by atoms with Gasteiger partial charge in [-0.25, -0.2) is 0 Å². The first-order valence-corrected chi connectivity index (χ1v) is 7.98. The Morgan fingerprint density at radius 2 is 1.39 bits per heavy atom. The van der Waals surface area contributed by atoms with Crippen molar-refractivity contribution in [3.63, 3.8) is 0 Å². The molecule has 0 bridgehead atoms. The predicted octanol–water partition coefficient (Wildman–Crippen LogP) is 3.42. The molecule has 0 amide bonds. The van der Waals surface area contributed by atoms with Gasteiger partial charge in [-0.15, -0.1) is 0 Å². The fraction of sp³-hybridized carbons (Fsp3) is 0.571. The van der Waals surface area contributed by atoms with E-state index in [1.54, 1.807) is 0 Å². The zero-order chi connectivity index (χ0) is 13.4. The predicted molar refractivity (Wildman–Crippen MR) is 76.4 cm³/mol. The van der Waals surface area contributed by atoms with Crippen molar-refractivity contribution >= 4 is 26.1 Å². The normalized spacial score (nSPS) is 23.6. The van der Waals surface area contributed by atoms with Crippen LogP contribution in [0.2, 0.25) is 5.02 Å². The summed E-state index contributed by atoms with van der Waals surface area (Å²) in [5.41, 5.74) is -0.247. The molecule has 4 heteroatoms. The second-order valence-electron chi connectivity index (χ2n) is 6.02. The first kappa shape index (κ1) is 14.1. The van der Waals surface area contributed by atoms with E-state index in [0.29, 0.717) is 0 Å². The molecule has 0 spiro atoms. The Morgan fingerprint density at radius 1 is 0.944 bits per heavy atom.